The third-order valence-corrected chi connectivity index (χ3v) is 4.22. The SMILES string of the molecule is CC1CCCC1CNCc1cc2ccccc2o1. The smallest absolute Gasteiger partial charge is 0.134 e. The van der Waals surface area contributed by atoms with Gasteiger partial charge in [-0.1, -0.05) is 38.0 Å². The first kappa shape index (κ1) is 11.8. The van der Waals surface area contributed by atoms with Crippen LogP contribution in [0.25, 0.3) is 11.0 Å². The number of furan rings is 1. The Morgan fingerprint density at radius 1 is 1.28 bits per heavy atom. The van der Waals surface area contributed by atoms with Crippen molar-refractivity contribution in [1.29, 1.82) is 0 Å². The van der Waals surface area contributed by atoms with Gasteiger partial charge in [0, 0.05) is 5.39 Å². The Labute approximate surface area is 108 Å². The highest BCUT2D eigenvalue weighted by molar-refractivity contribution is 5.77. The first-order valence-electron chi connectivity index (χ1n) is 7.01. The summed E-state index contributed by atoms with van der Waals surface area (Å²) in [6, 6.07) is 10.3. The lowest BCUT2D eigenvalue weighted by Crippen LogP contribution is -2.23. The highest BCUT2D eigenvalue weighted by Crippen LogP contribution is 2.30. The Morgan fingerprint density at radius 3 is 2.94 bits per heavy atom. The summed E-state index contributed by atoms with van der Waals surface area (Å²) >= 11 is 0. The van der Waals surface area contributed by atoms with E-state index in [1.807, 2.05) is 12.1 Å². The van der Waals surface area contributed by atoms with Crippen molar-refractivity contribution in [1.82, 2.24) is 5.32 Å². The molecule has 1 N–H and O–H groups in total. The Kier molecular flexibility index (Phi) is 3.37. The molecule has 0 spiro atoms. The monoisotopic (exact) mass is 243 g/mol. The van der Waals surface area contributed by atoms with E-state index in [2.05, 4.69) is 30.4 Å². The summed E-state index contributed by atoms with van der Waals surface area (Å²) < 4.78 is 5.80. The van der Waals surface area contributed by atoms with Crippen molar-refractivity contribution in [3.63, 3.8) is 0 Å². The van der Waals surface area contributed by atoms with Crippen LogP contribution in [0.5, 0.6) is 0 Å². The van der Waals surface area contributed by atoms with E-state index in [-0.39, 0.29) is 0 Å². The highest BCUT2D eigenvalue weighted by Gasteiger charge is 2.22. The predicted molar refractivity (Wildman–Crippen MR) is 74.4 cm³/mol. The molecule has 0 radical (unpaired) electrons. The molecule has 0 saturated heterocycles. The third-order valence-electron chi connectivity index (χ3n) is 4.22. The van der Waals surface area contributed by atoms with Crippen molar-refractivity contribution in [2.75, 3.05) is 6.54 Å². The lowest BCUT2D eigenvalue weighted by Gasteiger charge is -2.15. The molecular formula is C16H21NO. The molecule has 1 aromatic heterocycles. The van der Waals surface area contributed by atoms with Gasteiger partial charge in [0.1, 0.15) is 11.3 Å². The quantitative estimate of drug-likeness (QED) is 0.879. The van der Waals surface area contributed by atoms with E-state index in [0.29, 0.717) is 0 Å². The number of hydrogen-bond acceptors (Lipinski definition) is 2. The second kappa shape index (κ2) is 5.15. The summed E-state index contributed by atoms with van der Waals surface area (Å²) in [5, 5.41) is 4.74. The molecule has 2 aromatic rings. The van der Waals surface area contributed by atoms with Crippen LogP contribution in [0.4, 0.5) is 0 Å². The Morgan fingerprint density at radius 2 is 2.17 bits per heavy atom. The summed E-state index contributed by atoms with van der Waals surface area (Å²) in [4.78, 5) is 0. The number of hydrogen-bond donors (Lipinski definition) is 1. The lowest BCUT2D eigenvalue weighted by molar-refractivity contribution is 0.382. The summed E-state index contributed by atoms with van der Waals surface area (Å²) in [6.45, 7) is 4.34. The zero-order valence-corrected chi connectivity index (χ0v) is 11.0. The number of fused-ring (bicyclic) bond motifs is 1. The largest absolute Gasteiger partial charge is 0.460 e. The van der Waals surface area contributed by atoms with Crippen LogP contribution in [-0.4, -0.2) is 6.54 Å². The van der Waals surface area contributed by atoms with E-state index in [9.17, 15) is 0 Å². The summed E-state index contributed by atoms with van der Waals surface area (Å²) in [5.74, 6) is 2.78. The van der Waals surface area contributed by atoms with Crippen LogP contribution in [-0.2, 0) is 6.54 Å². The minimum atomic E-state index is 0.845. The molecule has 1 aliphatic rings. The first-order valence-corrected chi connectivity index (χ1v) is 7.01. The van der Waals surface area contributed by atoms with Crippen molar-refractivity contribution in [2.45, 2.75) is 32.7 Å². The molecule has 18 heavy (non-hydrogen) atoms. The van der Waals surface area contributed by atoms with Gasteiger partial charge in [-0.15, -0.1) is 0 Å². The van der Waals surface area contributed by atoms with Gasteiger partial charge in [-0.3, -0.25) is 0 Å². The fourth-order valence-electron chi connectivity index (χ4n) is 3.03. The number of para-hydroxylation sites is 1. The molecule has 3 rings (SSSR count). The molecule has 0 bridgehead atoms. The fraction of sp³-hybridized carbons (Fsp3) is 0.500. The van der Waals surface area contributed by atoms with Gasteiger partial charge < -0.3 is 9.73 Å². The van der Waals surface area contributed by atoms with Crippen molar-refractivity contribution < 1.29 is 4.42 Å². The molecule has 1 aromatic carbocycles. The van der Waals surface area contributed by atoms with Gasteiger partial charge in [0.25, 0.3) is 0 Å². The molecule has 0 aliphatic heterocycles. The molecule has 2 heteroatoms. The van der Waals surface area contributed by atoms with E-state index < -0.39 is 0 Å². The standard InChI is InChI=1S/C16H21NO/c1-12-5-4-7-14(12)10-17-11-15-9-13-6-2-3-8-16(13)18-15/h2-3,6,8-9,12,14,17H,4-5,7,10-11H2,1H3. The van der Waals surface area contributed by atoms with Crippen LogP contribution in [0.15, 0.2) is 34.7 Å². The molecule has 2 unspecified atom stereocenters. The van der Waals surface area contributed by atoms with Crippen LogP contribution in [0, 0.1) is 11.8 Å². The molecule has 1 fully saturated rings. The summed E-state index contributed by atoms with van der Waals surface area (Å²) in [5.41, 5.74) is 0.989. The van der Waals surface area contributed by atoms with Crippen LogP contribution in [0.1, 0.15) is 31.9 Å². The highest BCUT2D eigenvalue weighted by atomic mass is 16.3. The van der Waals surface area contributed by atoms with E-state index in [4.69, 9.17) is 4.42 Å². The van der Waals surface area contributed by atoms with Crippen molar-refractivity contribution in [3.05, 3.63) is 36.1 Å². The van der Waals surface area contributed by atoms with Gasteiger partial charge in [-0.05, 0) is 36.9 Å². The Balaban J connectivity index is 1.56. The zero-order valence-electron chi connectivity index (χ0n) is 11.0. The molecule has 2 atom stereocenters. The number of benzene rings is 1. The summed E-state index contributed by atoms with van der Waals surface area (Å²) in [7, 11) is 0. The van der Waals surface area contributed by atoms with E-state index >= 15 is 0 Å². The lowest BCUT2D eigenvalue weighted by atomic mass is 9.98. The number of nitrogens with one attached hydrogen (secondary N) is 1. The number of rotatable bonds is 4. The van der Waals surface area contributed by atoms with Crippen LogP contribution in [0.2, 0.25) is 0 Å². The summed E-state index contributed by atoms with van der Waals surface area (Å²) in [6.07, 6.45) is 4.18. The van der Waals surface area contributed by atoms with Gasteiger partial charge >= 0.3 is 0 Å². The van der Waals surface area contributed by atoms with Crippen LogP contribution >= 0.6 is 0 Å². The second-order valence-electron chi connectivity index (χ2n) is 5.55. The van der Waals surface area contributed by atoms with Gasteiger partial charge in [0.05, 0.1) is 6.54 Å². The predicted octanol–water partition coefficient (Wildman–Crippen LogP) is 3.96. The van der Waals surface area contributed by atoms with Crippen molar-refractivity contribution in [2.24, 2.45) is 11.8 Å². The van der Waals surface area contributed by atoms with E-state index in [1.54, 1.807) is 0 Å². The molecule has 2 nitrogen and oxygen atoms in total. The maximum atomic E-state index is 5.80. The molecular weight excluding hydrogens is 222 g/mol. The molecule has 96 valence electrons. The van der Waals surface area contributed by atoms with E-state index in [0.717, 1.165) is 36.3 Å². The van der Waals surface area contributed by atoms with Gasteiger partial charge in [0.2, 0.25) is 0 Å². The normalized spacial score (nSPS) is 23.8. The third kappa shape index (κ3) is 2.44. The van der Waals surface area contributed by atoms with Gasteiger partial charge in [-0.2, -0.15) is 0 Å². The topological polar surface area (TPSA) is 25.2 Å². The van der Waals surface area contributed by atoms with Crippen LogP contribution < -0.4 is 5.32 Å². The second-order valence-corrected chi connectivity index (χ2v) is 5.55. The average Bonchev–Trinajstić information content (AvgIpc) is 2.96. The Bertz CT molecular complexity index is 484. The van der Waals surface area contributed by atoms with E-state index in [1.165, 1.54) is 24.6 Å². The average molecular weight is 243 g/mol. The minimum Gasteiger partial charge on any atom is -0.460 e. The Hall–Kier alpha value is -1.28. The van der Waals surface area contributed by atoms with Crippen molar-refractivity contribution in [3.8, 4) is 0 Å². The van der Waals surface area contributed by atoms with Gasteiger partial charge in [-0.25, -0.2) is 0 Å². The zero-order chi connectivity index (χ0) is 12.4. The maximum absolute atomic E-state index is 5.80. The fourth-order valence-corrected chi connectivity index (χ4v) is 3.03. The molecule has 1 saturated carbocycles. The molecule has 0 amide bonds. The molecule has 1 aliphatic carbocycles. The van der Waals surface area contributed by atoms with Crippen LogP contribution in [0.3, 0.4) is 0 Å². The molecule has 1 heterocycles. The maximum Gasteiger partial charge on any atom is 0.134 e. The minimum absolute atomic E-state index is 0.845. The first-order chi connectivity index (χ1) is 8.83. The van der Waals surface area contributed by atoms with Crippen molar-refractivity contribution >= 4 is 11.0 Å². The van der Waals surface area contributed by atoms with Gasteiger partial charge in [0.15, 0.2) is 0 Å².